The van der Waals surface area contributed by atoms with Crippen LogP contribution in [0.3, 0.4) is 0 Å². The molecule has 3 saturated heterocycles. The zero-order valence-corrected chi connectivity index (χ0v) is 55.4. The van der Waals surface area contributed by atoms with Crippen LogP contribution in [0.4, 0.5) is 62.3 Å². The van der Waals surface area contributed by atoms with Gasteiger partial charge in [-0.15, -0.1) is 11.6 Å². The largest absolute Gasteiger partial charge is 0.445 e. The van der Waals surface area contributed by atoms with Gasteiger partial charge in [-0.3, -0.25) is 9.80 Å². The summed E-state index contributed by atoms with van der Waals surface area (Å²) in [5, 5.41) is 20.8. The Morgan fingerprint density at radius 1 is 0.574 bits per heavy atom. The Hall–Kier alpha value is -7.97. The number of rotatable bonds is 20. The van der Waals surface area contributed by atoms with E-state index in [2.05, 4.69) is 10.8 Å². The molecule has 16 nitrogen and oxygen atoms in total. The first-order valence-electron chi connectivity index (χ1n) is 30.7. The maximum absolute atomic E-state index is 14.1. The maximum atomic E-state index is 14.1. The second-order valence-corrected chi connectivity index (χ2v) is 28.4. The van der Waals surface area contributed by atoms with Crippen LogP contribution >= 0.6 is 11.6 Å². The van der Waals surface area contributed by atoms with Crippen LogP contribution in [0.15, 0.2) is 158 Å². The Balaban J connectivity index is 0.000000312. The lowest BCUT2D eigenvalue weighted by Crippen LogP contribution is -2.66. The minimum absolute atomic E-state index is 0. The molecule has 6 aromatic carbocycles. The first kappa shape index (κ1) is 82.0. The zero-order chi connectivity index (χ0) is 72.5. The number of nitriles is 2. The number of piperidine rings is 2. The number of nitrogens with zero attached hydrogens (tertiary/aromatic N) is 5. The molecular weight excluding hydrogens is 1410 g/mol. The summed E-state index contributed by atoms with van der Waals surface area (Å²) >= 11 is 5.69. The molecule has 0 saturated carbocycles. The van der Waals surface area contributed by atoms with Gasteiger partial charge in [0.25, 0.3) is 0 Å². The van der Waals surface area contributed by atoms with Crippen molar-refractivity contribution in [2.24, 2.45) is 0 Å². The number of benzene rings is 6. The van der Waals surface area contributed by atoms with Crippen LogP contribution < -0.4 is 4.72 Å². The molecule has 3 aliphatic rings. The predicted molar refractivity (Wildman–Crippen MR) is 351 cm³/mol. The monoisotopic (exact) mass is 1490 g/mol. The number of halogens is 13. The summed E-state index contributed by atoms with van der Waals surface area (Å²) in [6.07, 6.45) is -24.9. The molecule has 0 aromatic heterocycles. The smallest absolute Gasteiger partial charge is 0.416 e. The second-order valence-electron chi connectivity index (χ2n) is 24.2. The molecule has 6 atom stereocenters. The van der Waals surface area contributed by atoms with Gasteiger partial charge in [0, 0.05) is 12.4 Å². The number of sulfonamides is 2. The lowest BCUT2D eigenvalue weighted by atomic mass is 9.75. The Labute approximate surface area is 583 Å². The van der Waals surface area contributed by atoms with Crippen LogP contribution in [0.2, 0.25) is 0 Å². The van der Waals surface area contributed by atoms with Crippen molar-refractivity contribution in [3.05, 3.63) is 213 Å². The summed E-state index contributed by atoms with van der Waals surface area (Å²) in [6, 6.07) is 40.5. The first-order chi connectivity index (χ1) is 46.4. The van der Waals surface area contributed by atoms with Crippen molar-refractivity contribution >= 4 is 43.8 Å². The Morgan fingerprint density at radius 2 is 0.950 bits per heavy atom. The van der Waals surface area contributed by atoms with Crippen LogP contribution in [0.5, 0.6) is 0 Å². The van der Waals surface area contributed by atoms with Crippen LogP contribution in [-0.4, -0.2) is 104 Å². The standard InChI is InChI=1S/C34H34ClF6N3O5S.C34H33F6N3O5S.2CH4/c1-24(26-17-28(33(36,37)38)19-29(18-26)34(39,40)41)49-23-32(27-11-6-3-7-12-27)14-13-31(21-42,43-50(46,47)16-8-15-35)22-44(32)30(45)48-20-25-9-4-2-5-10-25;1-24(26-17-28(33(35,36)37)19-29(18-26)34(38,39)40)48-23-32(27-11-6-3-7-12-27)14-13-31(21-41,43-15-8-16-49(43,45)46)22-42(32)30(44)47-20-25-9-4-2-5-10-25;;/h2-7,9-12,17-19,24,43H,8,13-16,20,22-23H2,1H3;2-7,9-12,17-19,24H,8,13-16,20,22-23H2,1H3;2*1H4/t2*24-,31-,32-;;/m11../s1. The first-order valence-corrected chi connectivity index (χ1v) is 34.5. The molecular formula is C70H75ClF12N6O10S2. The summed E-state index contributed by atoms with van der Waals surface area (Å²) < 4.78 is 243. The highest BCUT2D eigenvalue weighted by atomic mass is 35.5. The number of hydrogen-bond donors (Lipinski definition) is 1. The molecule has 0 bridgehead atoms. The molecule has 3 heterocycles. The highest BCUT2D eigenvalue weighted by molar-refractivity contribution is 7.89. The van der Waals surface area contributed by atoms with E-state index in [0.29, 0.717) is 46.5 Å². The summed E-state index contributed by atoms with van der Waals surface area (Å²) in [4.78, 5) is 30.5. The minimum atomic E-state index is -5.08. The van der Waals surface area contributed by atoms with Crippen molar-refractivity contribution in [2.45, 2.75) is 140 Å². The van der Waals surface area contributed by atoms with Crippen LogP contribution in [0, 0.1) is 22.7 Å². The molecule has 548 valence electrons. The molecule has 31 heteroatoms. The molecule has 0 aliphatic carbocycles. The molecule has 101 heavy (non-hydrogen) atoms. The number of carbonyl (C=O) groups is 2. The molecule has 3 aliphatic heterocycles. The molecule has 2 amide bonds. The van der Waals surface area contributed by atoms with Gasteiger partial charge in [-0.25, -0.2) is 26.4 Å². The van der Waals surface area contributed by atoms with Crippen molar-refractivity contribution in [2.75, 3.05) is 50.2 Å². The molecule has 1 N–H and O–H groups in total. The van der Waals surface area contributed by atoms with Crippen molar-refractivity contribution in [1.82, 2.24) is 18.8 Å². The third kappa shape index (κ3) is 19.8. The second kappa shape index (κ2) is 33.0. The van der Waals surface area contributed by atoms with Gasteiger partial charge < -0.3 is 18.9 Å². The number of hydrogen-bond acceptors (Lipinski definition) is 12. The van der Waals surface area contributed by atoms with Crippen molar-refractivity contribution in [3.63, 3.8) is 0 Å². The molecule has 0 unspecified atom stereocenters. The minimum Gasteiger partial charge on any atom is -0.445 e. The van der Waals surface area contributed by atoms with E-state index < -0.39 is 151 Å². The van der Waals surface area contributed by atoms with Crippen molar-refractivity contribution in [1.29, 1.82) is 10.5 Å². The van der Waals surface area contributed by atoms with Crippen LogP contribution in [0.25, 0.3) is 0 Å². The van der Waals surface area contributed by atoms with E-state index in [1.165, 1.54) is 18.7 Å². The third-order valence-electron chi connectivity index (χ3n) is 17.5. The topological polar surface area (TPSA) is 209 Å². The number of nitrogens with one attached hydrogen (secondary N) is 1. The van der Waals surface area contributed by atoms with E-state index in [-0.39, 0.29) is 103 Å². The fourth-order valence-corrected chi connectivity index (χ4v) is 15.7. The summed E-state index contributed by atoms with van der Waals surface area (Å²) in [5.41, 5.74) is -11.1. The fraction of sp³-hybridized carbons (Fsp3) is 0.429. The van der Waals surface area contributed by atoms with E-state index in [4.69, 9.17) is 30.5 Å². The van der Waals surface area contributed by atoms with E-state index in [1.807, 2.05) is 6.07 Å². The van der Waals surface area contributed by atoms with Gasteiger partial charge in [-0.2, -0.15) is 72.2 Å². The molecule has 0 spiro atoms. The SMILES string of the molecule is C.C.C[C@@H](OC[C@@]1(c2ccccc2)CC[C@](C#N)(N2CCCS2(=O)=O)CN1C(=O)OCc1ccccc1)c1cc(C(F)(F)F)cc(C(F)(F)F)c1.C[C@@H](OC[C@@]1(c2ccccc2)CC[C@](C#N)(NS(=O)(=O)CCCCl)CN1C(=O)OCc1ccccc1)c1cc(C(F)(F)F)cc(C(F)(F)F)c1. The molecule has 3 fully saturated rings. The van der Waals surface area contributed by atoms with E-state index >= 15 is 0 Å². The highest BCUT2D eigenvalue weighted by Crippen LogP contribution is 2.48. The van der Waals surface area contributed by atoms with Gasteiger partial charge >= 0.3 is 36.9 Å². The Morgan fingerprint density at radius 3 is 1.30 bits per heavy atom. The van der Waals surface area contributed by atoms with E-state index in [9.17, 15) is 89.6 Å². The summed E-state index contributed by atoms with van der Waals surface area (Å²) in [7, 11) is -7.91. The third-order valence-corrected chi connectivity index (χ3v) is 21.3. The number of ether oxygens (including phenoxy) is 4. The van der Waals surface area contributed by atoms with Gasteiger partial charge in [-0.1, -0.05) is 136 Å². The van der Waals surface area contributed by atoms with Crippen LogP contribution in [0.1, 0.15) is 135 Å². The Bertz CT molecular complexity index is 4040. The maximum Gasteiger partial charge on any atom is 0.416 e. The van der Waals surface area contributed by atoms with Gasteiger partial charge in [0.05, 0.1) is 95.5 Å². The summed E-state index contributed by atoms with van der Waals surface area (Å²) in [5.74, 6) is -0.517. The van der Waals surface area contributed by atoms with Gasteiger partial charge in [0.1, 0.15) is 24.3 Å². The van der Waals surface area contributed by atoms with Gasteiger partial charge in [-0.05, 0) is 122 Å². The lowest BCUT2D eigenvalue weighted by molar-refractivity contribution is -0.145. The number of alkyl halides is 13. The van der Waals surface area contributed by atoms with Crippen molar-refractivity contribution < 1.29 is 98.1 Å². The van der Waals surface area contributed by atoms with Gasteiger partial charge in [0.15, 0.2) is 0 Å². The number of amides is 2. The number of likely N-dealkylation sites (tertiary alicyclic amines) is 2. The highest BCUT2D eigenvalue weighted by Gasteiger charge is 2.58. The average molecular weight is 1490 g/mol. The number of carbonyl (C=O) groups excluding carboxylic acids is 2. The molecule has 9 rings (SSSR count). The molecule has 0 radical (unpaired) electrons. The van der Waals surface area contributed by atoms with Gasteiger partial charge in [0.2, 0.25) is 20.0 Å². The zero-order valence-electron chi connectivity index (χ0n) is 53.0. The fourth-order valence-electron chi connectivity index (χ4n) is 12.1. The van der Waals surface area contributed by atoms with E-state index in [1.54, 1.807) is 121 Å². The molecule has 6 aromatic rings. The quantitative estimate of drug-likeness (QED) is 0.0559. The van der Waals surface area contributed by atoms with Crippen molar-refractivity contribution in [3.8, 4) is 12.1 Å². The normalized spacial score (nSPS) is 21.6. The predicted octanol–water partition coefficient (Wildman–Crippen LogP) is 16.6. The lowest BCUT2D eigenvalue weighted by Gasteiger charge is -2.53. The summed E-state index contributed by atoms with van der Waals surface area (Å²) in [6.45, 7) is 0.364. The Kier molecular flexibility index (Phi) is 26.8. The van der Waals surface area contributed by atoms with Crippen LogP contribution in [-0.2, 0) is 88.0 Å². The average Bonchev–Trinajstić information content (AvgIpc) is 1.67. The van der Waals surface area contributed by atoms with E-state index in [0.717, 1.165) is 9.21 Å².